The minimum atomic E-state index is -1.18. The van der Waals surface area contributed by atoms with Gasteiger partial charge in [-0.2, -0.15) is 0 Å². The molecule has 2 atom stereocenters. The first kappa shape index (κ1) is 18.2. The zero-order valence-electron chi connectivity index (χ0n) is 10.3. The minimum Gasteiger partial charge on any atom is -0.480 e. The van der Waals surface area contributed by atoms with Gasteiger partial charge >= 0.3 is 11.9 Å². The maximum Gasteiger partial charge on any atom is 0.332 e. The number of hydrogen-bond acceptors (Lipinski definition) is 5. The van der Waals surface area contributed by atoms with E-state index in [0.29, 0.717) is 0 Å². The summed E-state index contributed by atoms with van der Waals surface area (Å²) in [6.07, 6.45) is -0.907. The van der Waals surface area contributed by atoms with E-state index in [-0.39, 0.29) is 13.0 Å². The molecular weight excluding hydrogens is 230 g/mol. The summed E-state index contributed by atoms with van der Waals surface area (Å²) in [5.74, 6) is -2.23. The molecule has 6 N–H and O–H groups in total. The highest BCUT2D eigenvalue weighted by Crippen LogP contribution is 2.17. The third kappa shape index (κ3) is 7.67. The average Bonchev–Trinajstić information content (AvgIpc) is 2.27. The Balaban J connectivity index is 0. The lowest BCUT2D eigenvalue weighted by molar-refractivity contribution is -0.146. The van der Waals surface area contributed by atoms with Crippen molar-refractivity contribution in [1.82, 2.24) is 0 Å². The van der Waals surface area contributed by atoms with Crippen molar-refractivity contribution in [2.75, 3.05) is 6.61 Å². The molecule has 7 heteroatoms. The van der Waals surface area contributed by atoms with E-state index in [1.54, 1.807) is 20.8 Å². The van der Waals surface area contributed by atoms with E-state index in [4.69, 9.17) is 26.2 Å². The summed E-state index contributed by atoms with van der Waals surface area (Å²) in [5, 5.41) is 33.4. The summed E-state index contributed by atoms with van der Waals surface area (Å²) in [5.41, 5.74) is 4.50. The lowest BCUT2D eigenvalue weighted by Gasteiger charge is -2.25. The first-order chi connectivity index (χ1) is 7.60. The maximum absolute atomic E-state index is 10.3. The van der Waals surface area contributed by atoms with Gasteiger partial charge in [0.05, 0.1) is 6.61 Å². The third-order valence-electron chi connectivity index (χ3n) is 2.19. The molecule has 102 valence electrons. The van der Waals surface area contributed by atoms with Crippen LogP contribution < -0.4 is 5.73 Å². The van der Waals surface area contributed by atoms with Gasteiger partial charge < -0.3 is 26.2 Å². The topological polar surface area (TPSA) is 141 Å². The van der Waals surface area contributed by atoms with E-state index >= 15 is 0 Å². The summed E-state index contributed by atoms with van der Waals surface area (Å²) in [6.45, 7) is 4.59. The van der Waals surface area contributed by atoms with Crippen LogP contribution in [0.2, 0.25) is 0 Å². The second-order valence-corrected chi connectivity index (χ2v) is 4.22. The number of aliphatic hydroxyl groups excluding tert-OH is 2. The Kier molecular flexibility index (Phi) is 8.55. The molecule has 0 rings (SSSR count). The van der Waals surface area contributed by atoms with Crippen LogP contribution in [-0.2, 0) is 9.59 Å². The minimum absolute atomic E-state index is 0.222. The Morgan fingerprint density at radius 3 is 1.71 bits per heavy atom. The molecule has 0 bridgehead atoms. The van der Waals surface area contributed by atoms with Gasteiger partial charge in [0.25, 0.3) is 0 Å². The molecule has 0 radical (unpaired) electrons. The molecule has 0 aliphatic carbocycles. The highest BCUT2D eigenvalue weighted by atomic mass is 16.4. The number of aliphatic carboxylic acids is 2. The fourth-order valence-corrected chi connectivity index (χ4v) is 0.607. The molecule has 0 fully saturated rings. The Morgan fingerprint density at radius 2 is 1.65 bits per heavy atom. The zero-order valence-corrected chi connectivity index (χ0v) is 10.3. The van der Waals surface area contributed by atoms with E-state index < -0.39 is 29.5 Å². The smallest absolute Gasteiger partial charge is 0.332 e. The number of carboxylic acid groups (broad SMARTS) is 2. The predicted octanol–water partition coefficient (Wildman–Crippen LogP) is -0.741. The largest absolute Gasteiger partial charge is 0.480 e. The molecule has 0 aliphatic rings. The Bertz CT molecular complexity index is 253. The Morgan fingerprint density at radius 1 is 1.24 bits per heavy atom. The van der Waals surface area contributed by atoms with Gasteiger partial charge in [-0.3, -0.25) is 4.79 Å². The highest BCUT2D eigenvalue weighted by Gasteiger charge is 2.30. The molecule has 0 amide bonds. The molecular formula is C10H21NO6. The van der Waals surface area contributed by atoms with Crippen LogP contribution in [0.3, 0.4) is 0 Å². The van der Waals surface area contributed by atoms with Gasteiger partial charge in [-0.1, -0.05) is 20.8 Å². The van der Waals surface area contributed by atoms with Crippen molar-refractivity contribution in [2.45, 2.75) is 39.3 Å². The fraction of sp³-hybridized carbons (Fsp3) is 0.800. The van der Waals surface area contributed by atoms with Gasteiger partial charge in [0, 0.05) is 5.41 Å². The summed E-state index contributed by atoms with van der Waals surface area (Å²) >= 11 is 0. The van der Waals surface area contributed by atoms with Crippen molar-refractivity contribution < 1.29 is 30.0 Å². The standard InChI is InChI=1S/C6H13NO3.C4H8O3/c1-6(2,3-8)4(7)5(9)10;1-2-3(5)4(6)7/h4,8H,3,7H2,1-2H3,(H,9,10);3,5H,2H2,1H3,(H,6,7). The van der Waals surface area contributed by atoms with Crippen LogP contribution >= 0.6 is 0 Å². The summed E-state index contributed by atoms with van der Waals surface area (Å²) in [4.78, 5) is 19.9. The normalized spacial score (nSPS) is 14.2. The van der Waals surface area contributed by atoms with Crippen LogP contribution in [0.1, 0.15) is 27.2 Å². The van der Waals surface area contributed by atoms with Crippen LogP contribution in [0.4, 0.5) is 0 Å². The molecule has 0 aliphatic heterocycles. The number of carboxylic acids is 2. The van der Waals surface area contributed by atoms with Crippen molar-refractivity contribution in [2.24, 2.45) is 11.1 Å². The average molecular weight is 251 g/mol. The van der Waals surface area contributed by atoms with Gasteiger partial charge in [-0.15, -0.1) is 0 Å². The zero-order chi connectivity index (χ0) is 14.2. The number of carbonyl (C=O) groups is 2. The van der Waals surface area contributed by atoms with Gasteiger partial charge in [-0.25, -0.2) is 4.79 Å². The van der Waals surface area contributed by atoms with Crippen LogP contribution in [0, 0.1) is 5.41 Å². The molecule has 0 saturated heterocycles. The van der Waals surface area contributed by atoms with Crippen molar-refractivity contribution >= 4 is 11.9 Å². The van der Waals surface area contributed by atoms with Crippen LogP contribution in [0.5, 0.6) is 0 Å². The first-order valence-electron chi connectivity index (χ1n) is 5.10. The fourth-order valence-electron chi connectivity index (χ4n) is 0.607. The van der Waals surface area contributed by atoms with E-state index in [0.717, 1.165) is 0 Å². The molecule has 0 aromatic rings. The third-order valence-corrected chi connectivity index (χ3v) is 2.19. The van der Waals surface area contributed by atoms with Crippen LogP contribution in [0.25, 0.3) is 0 Å². The van der Waals surface area contributed by atoms with Crippen molar-refractivity contribution in [3.05, 3.63) is 0 Å². The Labute approximate surface area is 99.9 Å². The SMILES string of the molecule is CC(C)(CO)C(N)C(=O)O.CCC(O)C(=O)O. The number of aliphatic hydroxyl groups is 2. The lowest BCUT2D eigenvalue weighted by Crippen LogP contribution is -2.45. The molecule has 0 aromatic heterocycles. The predicted molar refractivity (Wildman–Crippen MR) is 60.4 cm³/mol. The van der Waals surface area contributed by atoms with E-state index in [2.05, 4.69) is 0 Å². The van der Waals surface area contributed by atoms with Gasteiger partial charge in [-0.05, 0) is 6.42 Å². The van der Waals surface area contributed by atoms with Gasteiger partial charge in [0.15, 0.2) is 6.10 Å². The van der Waals surface area contributed by atoms with Gasteiger partial charge in [0.1, 0.15) is 6.04 Å². The van der Waals surface area contributed by atoms with Crippen molar-refractivity contribution in [1.29, 1.82) is 0 Å². The quantitative estimate of drug-likeness (QED) is 0.433. The highest BCUT2D eigenvalue weighted by molar-refractivity contribution is 5.74. The summed E-state index contributed by atoms with van der Waals surface area (Å²) in [7, 11) is 0. The number of rotatable bonds is 5. The molecule has 0 spiro atoms. The van der Waals surface area contributed by atoms with E-state index in [1.807, 2.05) is 0 Å². The molecule has 0 heterocycles. The van der Waals surface area contributed by atoms with Crippen LogP contribution in [-0.4, -0.2) is 51.1 Å². The second-order valence-electron chi connectivity index (χ2n) is 4.22. The number of nitrogens with two attached hydrogens (primary N) is 1. The molecule has 17 heavy (non-hydrogen) atoms. The van der Waals surface area contributed by atoms with Crippen molar-refractivity contribution in [3.63, 3.8) is 0 Å². The summed E-state index contributed by atoms with van der Waals surface area (Å²) in [6, 6.07) is -1.00. The first-order valence-corrected chi connectivity index (χ1v) is 5.10. The summed E-state index contributed by atoms with van der Waals surface area (Å²) < 4.78 is 0. The Hall–Kier alpha value is -1.18. The second kappa shape index (κ2) is 7.99. The van der Waals surface area contributed by atoms with E-state index in [1.165, 1.54) is 0 Å². The monoisotopic (exact) mass is 251 g/mol. The van der Waals surface area contributed by atoms with E-state index in [9.17, 15) is 9.59 Å². The van der Waals surface area contributed by atoms with Crippen molar-refractivity contribution in [3.8, 4) is 0 Å². The molecule has 7 nitrogen and oxygen atoms in total. The molecule has 2 unspecified atom stereocenters. The van der Waals surface area contributed by atoms with Gasteiger partial charge in [0.2, 0.25) is 0 Å². The number of hydrogen-bond donors (Lipinski definition) is 5. The maximum atomic E-state index is 10.3. The molecule has 0 aromatic carbocycles. The lowest BCUT2D eigenvalue weighted by atomic mass is 9.86. The molecule has 0 saturated carbocycles. The van der Waals surface area contributed by atoms with Crippen LogP contribution in [0.15, 0.2) is 0 Å².